The molecule has 276 valence electrons. The molecule has 0 saturated heterocycles. The fourth-order valence-electron chi connectivity index (χ4n) is 9.78. The third kappa shape index (κ3) is 5.67. The number of fused-ring (bicyclic) bond motifs is 4. The molecule has 0 amide bonds. The Bertz CT molecular complexity index is 2920. The van der Waals surface area contributed by atoms with E-state index in [-0.39, 0.29) is 0 Å². The van der Waals surface area contributed by atoms with Crippen LogP contribution in [0.25, 0.3) is 60.9 Å². The van der Waals surface area contributed by atoms with Gasteiger partial charge < -0.3 is 4.90 Å². The van der Waals surface area contributed by atoms with Crippen LogP contribution in [0.4, 0.5) is 17.1 Å². The quantitative estimate of drug-likeness (QED) is 0.159. The van der Waals surface area contributed by atoms with E-state index >= 15 is 0 Å². The summed E-state index contributed by atoms with van der Waals surface area (Å²) in [7, 11) is 0. The van der Waals surface area contributed by atoms with Gasteiger partial charge in [-0.15, -0.1) is 0 Å². The fraction of sp³-hybridized carbons (Fsp3) is 0.0893. The molecule has 1 heterocycles. The van der Waals surface area contributed by atoms with Crippen LogP contribution < -0.4 is 4.90 Å². The van der Waals surface area contributed by atoms with Gasteiger partial charge in [0.25, 0.3) is 0 Å². The van der Waals surface area contributed by atoms with Gasteiger partial charge in [0.05, 0.1) is 0 Å². The Morgan fingerprint density at radius 3 is 1.66 bits per heavy atom. The number of hydrogen-bond acceptors (Lipinski definition) is 2. The third-order valence-electron chi connectivity index (χ3n) is 12.3. The second-order valence-corrected chi connectivity index (χ2v) is 15.9. The molecular formula is C56H42N2. The van der Waals surface area contributed by atoms with Crippen molar-refractivity contribution in [1.29, 1.82) is 0 Å². The molecule has 58 heavy (non-hydrogen) atoms. The maximum absolute atomic E-state index is 4.40. The Morgan fingerprint density at radius 2 is 1.03 bits per heavy atom. The van der Waals surface area contributed by atoms with Gasteiger partial charge >= 0.3 is 0 Å². The van der Waals surface area contributed by atoms with Crippen LogP contribution in [0.1, 0.15) is 41.5 Å². The number of hydrogen-bond donors (Lipinski definition) is 0. The van der Waals surface area contributed by atoms with Gasteiger partial charge in [0, 0.05) is 35.4 Å². The predicted molar refractivity (Wildman–Crippen MR) is 245 cm³/mol. The van der Waals surface area contributed by atoms with Gasteiger partial charge in [0.15, 0.2) is 0 Å². The minimum atomic E-state index is 0.316. The molecular weight excluding hydrogens is 701 g/mol. The van der Waals surface area contributed by atoms with E-state index in [1.54, 1.807) is 0 Å². The predicted octanol–water partition coefficient (Wildman–Crippen LogP) is 15.0. The summed E-state index contributed by atoms with van der Waals surface area (Å²) in [5.41, 5.74) is 20.7. The molecule has 0 spiro atoms. The second kappa shape index (κ2) is 14.2. The smallest absolute Gasteiger partial charge is 0.0462 e. The zero-order valence-corrected chi connectivity index (χ0v) is 32.5. The Hall–Kier alpha value is -7.03. The van der Waals surface area contributed by atoms with Crippen molar-refractivity contribution in [3.05, 3.63) is 217 Å². The lowest BCUT2D eigenvalue weighted by Gasteiger charge is -2.27. The minimum absolute atomic E-state index is 0.316. The lowest BCUT2D eigenvalue weighted by molar-refractivity contribution is 0.716. The Balaban J connectivity index is 1.06. The van der Waals surface area contributed by atoms with Crippen LogP contribution in [0.15, 0.2) is 199 Å². The van der Waals surface area contributed by atoms with Crippen LogP contribution in [-0.4, -0.2) is 6.21 Å². The molecule has 1 aliphatic heterocycles. The average Bonchev–Trinajstić information content (AvgIpc) is 3.61. The molecule has 2 heteroatoms. The molecule has 0 N–H and O–H groups in total. The van der Waals surface area contributed by atoms with E-state index < -0.39 is 0 Å². The first-order chi connectivity index (χ1) is 28.7. The number of rotatable bonds is 7. The first-order valence-electron chi connectivity index (χ1n) is 20.5. The van der Waals surface area contributed by atoms with Crippen LogP contribution in [0.2, 0.25) is 0 Å². The van der Waals surface area contributed by atoms with E-state index in [0.717, 1.165) is 29.9 Å². The summed E-state index contributed by atoms with van der Waals surface area (Å²) in [6.45, 7) is 2.38. The molecule has 2 atom stereocenters. The molecule has 0 fully saturated rings. The summed E-state index contributed by atoms with van der Waals surface area (Å²) in [6.07, 6.45) is 10.6. The normalized spacial score (nSPS) is 16.2. The highest BCUT2D eigenvalue weighted by Gasteiger charge is 2.36. The number of anilines is 3. The highest BCUT2D eigenvalue weighted by atomic mass is 15.1. The Labute approximate surface area is 340 Å². The van der Waals surface area contributed by atoms with Crippen molar-refractivity contribution in [2.45, 2.75) is 25.7 Å². The zero-order chi connectivity index (χ0) is 38.6. The molecule has 8 aromatic carbocycles. The number of benzene rings is 8. The number of allylic oxidation sites excluding steroid dienone is 2. The van der Waals surface area contributed by atoms with Crippen molar-refractivity contribution in [3.63, 3.8) is 0 Å². The first-order valence-corrected chi connectivity index (χ1v) is 20.5. The summed E-state index contributed by atoms with van der Waals surface area (Å²) in [4.78, 5) is 6.76. The van der Waals surface area contributed by atoms with E-state index in [2.05, 4.69) is 211 Å². The van der Waals surface area contributed by atoms with Crippen molar-refractivity contribution in [2.75, 3.05) is 4.90 Å². The monoisotopic (exact) mass is 742 g/mol. The maximum atomic E-state index is 4.40. The van der Waals surface area contributed by atoms with Crippen LogP contribution >= 0.6 is 0 Å². The van der Waals surface area contributed by atoms with E-state index in [1.165, 1.54) is 83.1 Å². The van der Waals surface area contributed by atoms with E-state index in [1.807, 2.05) is 6.20 Å². The van der Waals surface area contributed by atoms with Crippen molar-refractivity contribution in [2.24, 2.45) is 10.9 Å². The molecule has 2 nitrogen and oxygen atoms in total. The van der Waals surface area contributed by atoms with Gasteiger partial charge in [-0.1, -0.05) is 159 Å². The molecule has 11 rings (SSSR count). The van der Waals surface area contributed by atoms with Gasteiger partial charge in [0.2, 0.25) is 0 Å². The van der Waals surface area contributed by atoms with Crippen molar-refractivity contribution in [1.82, 2.24) is 0 Å². The molecule has 0 aromatic heterocycles. The van der Waals surface area contributed by atoms with Crippen LogP contribution in [0.3, 0.4) is 0 Å². The van der Waals surface area contributed by atoms with Gasteiger partial charge in [-0.3, -0.25) is 4.99 Å². The molecule has 3 aliphatic rings. The molecule has 2 aliphatic carbocycles. The van der Waals surface area contributed by atoms with Gasteiger partial charge in [-0.05, 0) is 138 Å². The Morgan fingerprint density at radius 1 is 0.483 bits per heavy atom. The third-order valence-corrected chi connectivity index (χ3v) is 12.3. The van der Waals surface area contributed by atoms with E-state index in [9.17, 15) is 0 Å². The average molecular weight is 743 g/mol. The maximum Gasteiger partial charge on any atom is 0.0462 e. The summed E-state index contributed by atoms with van der Waals surface area (Å²) >= 11 is 0. The van der Waals surface area contributed by atoms with Crippen LogP contribution in [0, 0.1) is 5.92 Å². The lowest BCUT2D eigenvalue weighted by Crippen LogP contribution is -2.10. The van der Waals surface area contributed by atoms with Crippen molar-refractivity contribution in [3.8, 4) is 44.5 Å². The number of nitrogens with zero attached hydrogens (tertiary/aromatic N) is 2. The van der Waals surface area contributed by atoms with Gasteiger partial charge in [0.1, 0.15) is 0 Å². The Kier molecular flexibility index (Phi) is 8.36. The molecule has 0 radical (unpaired) electrons. The van der Waals surface area contributed by atoms with Crippen LogP contribution in [0.5, 0.6) is 0 Å². The fourth-order valence-corrected chi connectivity index (χ4v) is 9.78. The highest BCUT2D eigenvalue weighted by molar-refractivity contribution is 6.22. The number of para-hydroxylation sites is 1. The van der Waals surface area contributed by atoms with Gasteiger partial charge in [-0.25, -0.2) is 0 Å². The SMILES string of the molecule is CC1C=C2c3c(ccc(-c4ccc(N(c5ccccc5)c5ccc(C6C=NC=CC6)cc5)cc4)c3C1)-c1c2c(-c2ccccc2)c2ccccc2c1-c1ccccc1. The molecule has 8 aromatic rings. The standard InChI is InChI=1S/C56H42N2/c1-37-34-50-46(39-25-29-45(30-26-39)58(43-19-9-4-10-20-43)44-27-23-38(24-28-44)42-18-13-33-57-36-42)31-32-49-54(50)51(35-37)56-53(41-16-7-3-8-17-41)48-22-12-11-21-47(48)52(55(49)56)40-14-5-2-6-15-40/h2-17,19-33,35-37,42H,18,34H2,1H3. The van der Waals surface area contributed by atoms with E-state index in [4.69, 9.17) is 0 Å². The largest absolute Gasteiger partial charge is 0.311 e. The highest BCUT2D eigenvalue weighted by Crippen LogP contribution is 2.59. The molecule has 2 unspecified atom stereocenters. The van der Waals surface area contributed by atoms with Crippen LogP contribution in [-0.2, 0) is 6.42 Å². The summed E-state index contributed by atoms with van der Waals surface area (Å²) in [6, 6.07) is 64.8. The zero-order valence-electron chi connectivity index (χ0n) is 32.5. The first kappa shape index (κ1) is 34.2. The van der Waals surface area contributed by atoms with E-state index in [0.29, 0.717) is 11.8 Å². The summed E-state index contributed by atoms with van der Waals surface area (Å²) in [5.74, 6) is 0.709. The topological polar surface area (TPSA) is 15.6 Å². The second-order valence-electron chi connectivity index (χ2n) is 15.9. The minimum Gasteiger partial charge on any atom is -0.311 e. The molecule has 0 bridgehead atoms. The lowest BCUT2D eigenvalue weighted by atomic mass is 9.79. The molecule has 0 saturated carbocycles. The van der Waals surface area contributed by atoms with Crippen molar-refractivity contribution >= 4 is 39.6 Å². The summed E-state index contributed by atoms with van der Waals surface area (Å²) < 4.78 is 0. The van der Waals surface area contributed by atoms with Gasteiger partial charge in [-0.2, -0.15) is 0 Å². The summed E-state index contributed by atoms with van der Waals surface area (Å²) in [5, 5.41) is 2.60. The van der Waals surface area contributed by atoms with Crippen molar-refractivity contribution < 1.29 is 0 Å². The number of aliphatic imine (C=N–C) groups is 1.